The van der Waals surface area contributed by atoms with E-state index in [-0.39, 0.29) is 37.8 Å². The number of unbranched alkanes of at least 4 members (excludes halogenated alkanes) is 2. The summed E-state index contributed by atoms with van der Waals surface area (Å²) in [6.07, 6.45) is 3.67. The molecule has 0 atom stereocenters. The summed E-state index contributed by atoms with van der Waals surface area (Å²) in [5.41, 5.74) is 0.900. The fourth-order valence-electron chi connectivity index (χ4n) is 1.53. The van der Waals surface area contributed by atoms with Gasteiger partial charge < -0.3 is 12.3 Å². The van der Waals surface area contributed by atoms with Gasteiger partial charge in [-0.2, -0.15) is 0 Å². The second kappa shape index (κ2) is 11.6. The van der Waals surface area contributed by atoms with Crippen molar-refractivity contribution in [3.63, 3.8) is 0 Å². The van der Waals surface area contributed by atoms with E-state index in [1.165, 1.54) is 0 Å². The average Bonchev–Trinajstić information content (AvgIpc) is 2.47. The Bertz CT molecular complexity index is 397. The molecule has 21 heavy (non-hydrogen) atoms. The first-order valence-electron chi connectivity index (χ1n) is 7.13. The fourth-order valence-corrected chi connectivity index (χ4v) is 1.53. The molecule has 0 saturated carbocycles. The van der Waals surface area contributed by atoms with Crippen molar-refractivity contribution in [3.8, 4) is 0 Å². The van der Waals surface area contributed by atoms with Crippen molar-refractivity contribution in [3.05, 3.63) is 35.4 Å². The molecule has 0 spiro atoms. The van der Waals surface area contributed by atoms with E-state index in [0.717, 1.165) is 25.7 Å². The zero-order chi connectivity index (χ0) is 14.8. The molecule has 0 fully saturated rings. The van der Waals surface area contributed by atoms with Crippen LogP contribution in [0.5, 0.6) is 0 Å². The Labute approximate surface area is 145 Å². The molecule has 1 rings (SSSR count). The van der Waals surface area contributed by atoms with Gasteiger partial charge in [0.05, 0.1) is 24.3 Å². The third-order valence-corrected chi connectivity index (χ3v) is 2.82. The van der Waals surface area contributed by atoms with Gasteiger partial charge in [0, 0.05) is 0 Å². The Kier molecular flexibility index (Phi) is 11.0. The number of hydrogen-bond donors (Lipinski definition) is 0. The molecule has 0 aromatic heterocycles. The molecule has 5 heteroatoms. The number of carbonyl (C=O) groups is 2. The predicted octanol–water partition coefficient (Wildman–Crippen LogP) is 3.44. The van der Waals surface area contributed by atoms with Crippen LogP contribution < -0.4 is 0 Å². The summed E-state index contributed by atoms with van der Waals surface area (Å²) in [5, 5.41) is 0. The molecule has 4 nitrogen and oxygen atoms in total. The molecule has 0 amide bonds. The number of rotatable bonds is 8. The minimum Gasteiger partial charge on any atom is -1.00 e. The van der Waals surface area contributed by atoms with Gasteiger partial charge in [0.15, 0.2) is 0 Å². The van der Waals surface area contributed by atoms with E-state index in [1.807, 2.05) is 13.8 Å². The van der Waals surface area contributed by atoms with Gasteiger partial charge in [-0.25, -0.2) is 9.59 Å². The summed E-state index contributed by atoms with van der Waals surface area (Å²) < 4.78 is 10.2. The predicted molar refractivity (Wildman–Crippen MR) is 84.8 cm³/mol. The summed E-state index contributed by atoms with van der Waals surface area (Å²) in [7, 11) is 0. The molecule has 0 heterocycles. The van der Waals surface area contributed by atoms with Crippen LogP contribution in [0.15, 0.2) is 24.3 Å². The van der Waals surface area contributed by atoms with Crippen LogP contribution in [0.2, 0.25) is 0 Å². The number of esters is 2. The van der Waals surface area contributed by atoms with Crippen molar-refractivity contribution in [1.29, 1.82) is 0 Å². The Morgan fingerprint density at radius 2 is 1.19 bits per heavy atom. The molecule has 0 aliphatic rings. The van der Waals surface area contributed by atoms with Crippen LogP contribution in [0.3, 0.4) is 0 Å². The van der Waals surface area contributed by atoms with Crippen molar-refractivity contribution >= 4 is 35.0 Å². The van der Waals surface area contributed by atoms with E-state index in [9.17, 15) is 9.59 Å². The van der Waals surface area contributed by atoms with E-state index in [4.69, 9.17) is 9.47 Å². The van der Waals surface area contributed by atoms with Crippen molar-refractivity contribution in [2.45, 2.75) is 39.5 Å². The molecule has 114 valence electrons. The minimum absolute atomic E-state index is 0. The van der Waals surface area contributed by atoms with Crippen molar-refractivity contribution in [2.24, 2.45) is 0 Å². The van der Waals surface area contributed by atoms with Crippen molar-refractivity contribution < 1.29 is 21.9 Å². The Balaban J connectivity index is -0.00000133. The normalized spacial score (nSPS) is 9.62. The smallest absolute Gasteiger partial charge is 1.00 e. The topological polar surface area (TPSA) is 52.6 Å². The van der Waals surface area contributed by atoms with E-state index >= 15 is 0 Å². The van der Waals surface area contributed by atoms with Crippen molar-refractivity contribution in [2.75, 3.05) is 13.2 Å². The fraction of sp³-hybridized carbons (Fsp3) is 0.500. The van der Waals surface area contributed by atoms with E-state index < -0.39 is 0 Å². The first-order valence-corrected chi connectivity index (χ1v) is 7.13. The molecule has 0 radical (unpaired) electrons. The molecule has 1 aromatic rings. The summed E-state index contributed by atoms with van der Waals surface area (Å²) in [5.74, 6) is -0.714. The van der Waals surface area contributed by atoms with Gasteiger partial charge in [-0.1, -0.05) is 26.7 Å². The standard InChI is InChI=1S/C16H22O4.Mg.2H/c1-3-5-11-19-15(17)13-7-9-14(10-8-13)16(18)20-12-6-4-2;;;/h7-10H,3-6,11-12H2,1-2H3;;;/q;+2;2*-1. The zero-order valence-corrected chi connectivity index (χ0v) is 14.3. The van der Waals surface area contributed by atoms with Crippen molar-refractivity contribution in [1.82, 2.24) is 0 Å². The Morgan fingerprint density at radius 3 is 1.48 bits per heavy atom. The molecular formula is C16H24MgO4. The first kappa shape index (κ1) is 19.9. The summed E-state index contributed by atoms with van der Waals surface area (Å²) in [4.78, 5) is 23.3. The molecule has 0 saturated heterocycles. The summed E-state index contributed by atoms with van der Waals surface area (Å²) in [6.45, 7) is 4.92. The number of benzene rings is 1. The molecule has 0 aliphatic heterocycles. The maximum atomic E-state index is 11.7. The SMILES string of the molecule is CCCCOC(=O)c1ccc(C(=O)OCCCC)cc1.[H-].[H-].[Mg+2]. The van der Waals surface area contributed by atoms with Crippen LogP contribution in [0.25, 0.3) is 0 Å². The second-order valence-electron chi connectivity index (χ2n) is 4.56. The monoisotopic (exact) mass is 304 g/mol. The maximum absolute atomic E-state index is 11.7. The van der Waals surface area contributed by atoms with Gasteiger partial charge in [0.1, 0.15) is 0 Å². The van der Waals surface area contributed by atoms with Gasteiger partial charge in [0.25, 0.3) is 0 Å². The van der Waals surface area contributed by atoms with Crippen LogP contribution in [-0.2, 0) is 9.47 Å². The van der Waals surface area contributed by atoms with Gasteiger partial charge in [-0.15, -0.1) is 0 Å². The third-order valence-electron chi connectivity index (χ3n) is 2.82. The largest absolute Gasteiger partial charge is 2.00 e. The molecular weight excluding hydrogens is 280 g/mol. The Hall–Kier alpha value is -1.07. The van der Waals surface area contributed by atoms with E-state index in [2.05, 4.69) is 0 Å². The summed E-state index contributed by atoms with van der Waals surface area (Å²) >= 11 is 0. The number of ether oxygens (including phenoxy) is 2. The van der Waals surface area contributed by atoms with Gasteiger partial charge >= 0.3 is 35.0 Å². The molecule has 0 unspecified atom stereocenters. The third kappa shape index (κ3) is 7.48. The zero-order valence-electron chi connectivity index (χ0n) is 14.9. The molecule has 0 aliphatic carbocycles. The molecule has 0 N–H and O–H groups in total. The minimum atomic E-state index is -0.357. The van der Waals surface area contributed by atoms with Crippen LogP contribution in [0.1, 0.15) is 63.1 Å². The summed E-state index contributed by atoms with van der Waals surface area (Å²) in [6, 6.07) is 6.35. The van der Waals surface area contributed by atoms with Gasteiger partial charge in [-0.3, -0.25) is 0 Å². The Morgan fingerprint density at radius 1 is 0.857 bits per heavy atom. The number of hydrogen-bond acceptors (Lipinski definition) is 4. The van der Waals surface area contributed by atoms with Crippen LogP contribution in [-0.4, -0.2) is 48.2 Å². The second-order valence-corrected chi connectivity index (χ2v) is 4.56. The number of carbonyl (C=O) groups excluding carboxylic acids is 2. The van der Waals surface area contributed by atoms with Crippen LogP contribution in [0.4, 0.5) is 0 Å². The average molecular weight is 305 g/mol. The van der Waals surface area contributed by atoms with Crippen LogP contribution in [0, 0.1) is 0 Å². The molecule has 1 aromatic carbocycles. The maximum Gasteiger partial charge on any atom is 2.00 e. The van der Waals surface area contributed by atoms with Gasteiger partial charge in [-0.05, 0) is 37.1 Å². The quantitative estimate of drug-likeness (QED) is 0.419. The van der Waals surface area contributed by atoms with E-state index in [1.54, 1.807) is 24.3 Å². The van der Waals surface area contributed by atoms with E-state index in [0.29, 0.717) is 24.3 Å². The van der Waals surface area contributed by atoms with Crippen LogP contribution >= 0.6 is 0 Å². The van der Waals surface area contributed by atoms with Gasteiger partial charge in [0.2, 0.25) is 0 Å². The molecule has 0 bridgehead atoms. The first-order chi connectivity index (χ1) is 9.69.